The third kappa shape index (κ3) is 1.06. The molecule has 0 bridgehead atoms. The Morgan fingerprint density at radius 3 is 2.67 bits per heavy atom. The number of benzene rings is 1. The van der Waals surface area contributed by atoms with Crippen molar-refractivity contribution < 1.29 is 8.42 Å². The van der Waals surface area contributed by atoms with Crippen molar-refractivity contribution in [1.29, 1.82) is 0 Å². The molecule has 0 amide bonds. The molecule has 2 rings (SSSR count). The van der Waals surface area contributed by atoms with Gasteiger partial charge in [0, 0.05) is 0 Å². The van der Waals surface area contributed by atoms with Gasteiger partial charge in [-0.25, -0.2) is 0 Å². The lowest BCUT2D eigenvalue weighted by Gasteiger charge is -2.04. The number of hydrogen-bond acceptors (Lipinski definition) is 2. The summed E-state index contributed by atoms with van der Waals surface area (Å²) in [4.78, 5) is 0. The summed E-state index contributed by atoms with van der Waals surface area (Å²) < 4.78 is 26.1. The molecule has 12 heavy (non-hydrogen) atoms. The van der Waals surface area contributed by atoms with Gasteiger partial charge >= 0.3 is 10.2 Å². The Morgan fingerprint density at radius 1 is 1.33 bits per heavy atom. The van der Waals surface area contributed by atoms with Gasteiger partial charge < -0.3 is 0 Å². The minimum absolute atomic E-state index is 0.631. The van der Waals surface area contributed by atoms with E-state index in [0.717, 1.165) is 0 Å². The normalized spacial score (nSPS) is 18.6. The Hall–Kier alpha value is -0.500. The van der Waals surface area contributed by atoms with Crippen LogP contribution in [0.4, 0.5) is 11.4 Å². The number of nitrogens with zero attached hydrogens (tertiary/aromatic N) is 1. The second kappa shape index (κ2) is 2.49. The van der Waals surface area contributed by atoms with E-state index in [1.807, 2.05) is 0 Å². The predicted octanol–water partition coefficient (Wildman–Crippen LogP) is 1.51. The smallest absolute Gasteiger partial charge is 0.264 e. The molecule has 1 aliphatic rings. The van der Waals surface area contributed by atoms with Crippen LogP contribution < -0.4 is 7.24 Å². The summed E-state index contributed by atoms with van der Waals surface area (Å²) in [5, 5.41) is 0. The van der Waals surface area contributed by atoms with Gasteiger partial charge in [-0.1, -0.05) is 12.1 Å². The predicted molar refractivity (Wildman–Crippen MR) is 55.5 cm³/mol. The summed E-state index contributed by atoms with van der Waals surface area (Å²) in [5.41, 5.74) is 1.31. The number of nitrogens with one attached hydrogen (secondary N) is 1. The summed E-state index contributed by atoms with van der Waals surface area (Å²) in [6.07, 6.45) is 0. The highest BCUT2D eigenvalue weighted by Gasteiger charge is 2.29. The van der Waals surface area contributed by atoms with Gasteiger partial charge in [0.05, 0.1) is 34.2 Å². The van der Waals surface area contributed by atoms with Crippen molar-refractivity contribution in [3.05, 3.63) is 24.3 Å². The Kier molecular flexibility index (Phi) is 1.69. The number of hydrogen-bond donors (Lipinski definition) is 1. The van der Waals surface area contributed by atoms with Gasteiger partial charge in [-0.15, -0.1) is 0 Å². The second-order valence-electron chi connectivity index (χ2n) is 2.34. The van der Waals surface area contributed by atoms with Gasteiger partial charge in [-0.2, -0.15) is 10.9 Å². The Morgan fingerprint density at radius 2 is 2.00 bits per heavy atom. The van der Waals surface area contributed by atoms with Gasteiger partial charge in [0.25, 0.3) is 0 Å². The zero-order valence-corrected chi connectivity index (χ0v) is 8.83. The Labute approximate surface area is 84.2 Å². The number of rotatable bonds is 0. The van der Waals surface area contributed by atoms with Gasteiger partial charge in [0.15, 0.2) is 0 Å². The van der Waals surface area contributed by atoms with Crippen molar-refractivity contribution in [2.75, 3.05) is 7.24 Å². The van der Waals surface area contributed by atoms with Crippen LogP contribution in [-0.2, 0) is 10.2 Å². The van der Waals surface area contributed by atoms with Crippen LogP contribution in [0.3, 0.4) is 0 Å². The Bertz CT molecular complexity index is 417. The molecule has 1 N–H and O–H groups in total. The highest BCUT2D eigenvalue weighted by atomic mass is 127. The zero-order valence-electron chi connectivity index (χ0n) is 5.86. The molecule has 0 spiro atoms. The van der Waals surface area contributed by atoms with Crippen molar-refractivity contribution in [2.45, 2.75) is 0 Å². The molecule has 64 valence electrons. The second-order valence-corrected chi connectivity index (χ2v) is 5.48. The van der Waals surface area contributed by atoms with Crippen molar-refractivity contribution >= 4 is 44.4 Å². The summed E-state index contributed by atoms with van der Waals surface area (Å²) in [5.74, 6) is 0. The maximum atomic E-state index is 11.2. The minimum Gasteiger partial charge on any atom is -0.264 e. The maximum Gasteiger partial charge on any atom is 0.332 e. The van der Waals surface area contributed by atoms with E-state index in [1.165, 1.54) is 2.52 Å². The molecule has 0 saturated heterocycles. The van der Waals surface area contributed by atoms with Gasteiger partial charge in [-0.05, 0) is 12.1 Å². The van der Waals surface area contributed by atoms with Crippen LogP contribution in [0.2, 0.25) is 0 Å². The fourth-order valence-corrected chi connectivity index (χ4v) is 2.69. The molecule has 1 heterocycles. The van der Waals surface area contributed by atoms with Crippen LogP contribution in [-0.4, -0.2) is 8.42 Å². The molecule has 6 heteroatoms. The highest BCUT2D eigenvalue weighted by molar-refractivity contribution is 14.1. The molecule has 4 nitrogen and oxygen atoms in total. The van der Waals surface area contributed by atoms with Crippen LogP contribution in [0.5, 0.6) is 0 Å². The standard InChI is InChI=1S/C6H5IN2O2S/c7-9-6-4-2-1-3-5(6)8-12(9,10)11/h1-4,8H. The van der Waals surface area contributed by atoms with Crippen LogP contribution in [0.15, 0.2) is 24.3 Å². The lowest BCUT2D eigenvalue weighted by molar-refractivity contribution is 0.605. The number of halogens is 1. The molecule has 0 saturated carbocycles. The largest absolute Gasteiger partial charge is 0.332 e. The zero-order chi connectivity index (χ0) is 8.77. The van der Waals surface area contributed by atoms with Crippen molar-refractivity contribution in [1.82, 2.24) is 0 Å². The number of anilines is 2. The lowest BCUT2D eigenvalue weighted by Crippen LogP contribution is -2.19. The van der Waals surface area contributed by atoms with Crippen LogP contribution in [0.25, 0.3) is 0 Å². The van der Waals surface area contributed by atoms with E-state index in [2.05, 4.69) is 4.72 Å². The highest BCUT2D eigenvalue weighted by Crippen LogP contribution is 2.37. The molecule has 0 aromatic heterocycles. The van der Waals surface area contributed by atoms with Crippen molar-refractivity contribution in [2.24, 2.45) is 0 Å². The summed E-state index contributed by atoms with van der Waals surface area (Å²) in [6, 6.07) is 7.06. The molecule has 0 unspecified atom stereocenters. The fourth-order valence-electron chi connectivity index (χ4n) is 1.02. The molecule has 0 radical (unpaired) electrons. The SMILES string of the molecule is O=S1(=O)Nc2ccccc2N1I. The molecule has 1 aromatic carbocycles. The summed E-state index contributed by atoms with van der Waals surface area (Å²) in [7, 11) is -3.31. The van der Waals surface area contributed by atoms with E-state index in [4.69, 9.17) is 0 Å². The van der Waals surface area contributed by atoms with E-state index < -0.39 is 10.2 Å². The Balaban J connectivity index is 2.64. The van der Waals surface area contributed by atoms with Crippen molar-refractivity contribution in [3.8, 4) is 0 Å². The topological polar surface area (TPSA) is 49.4 Å². The average molecular weight is 296 g/mol. The quantitative estimate of drug-likeness (QED) is 0.583. The van der Waals surface area contributed by atoms with Crippen LogP contribution in [0, 0.1) is 0 Å². The van der Waals surface area contributed by atoms with E-state index in [1.54, 1.807) is 47.1 Å². The summed E-state index contributed by atoms with van der Waals surface area (Å²) >= 11 is 1.75. The maximum absolute atomic E-state index is 11.2. The van der Waals surface area contributed by atoms with Gasteiger partial charge in [-0.3, -0.25) is 4.72 Å². The summed E-state index contributed by atoms with van der Waals surface area (Å²) in [6.45, 7) is 0. The number of para-hydroxylation sites is 2. The first-order valence-electron chi connectivity index (χ1n) is 3.19. The average Bonchev–Trinajstić information content (AvgIpc) is 2.24. The molecule has 0 fully saturated rings. The third-order valence-electron chi connectivity index (χ3n) is 1.54. The molecule has 0 atom stereocenters. The third-order valence-corrected chi connectivity index (χ3v) is 4.72. The molecule has 1 aliphatic heterocycles. The monoisotopic (exact) mass is 296 g/mol. The first-order valence-corrected chi connectivity index (χ1v) is 5.59. The minimum atomic E-state index is -3.31. The molecular formula is C6H5IN2O2S. The fraction of sp³-hybridized carbons (Fsp3) is 0. The first-order chi connectivity index (χ1) is 5.61. The van der Waals surface area contributed by atoms with Gasteiger partial charge in [0.1, 0.15) is 0 Å². The van der Waals surface area contributed by atoms with Crippen LogP contribution >= 0.6 is 22.9 Å². The first kappa shape index (κ1) is 8.11. The molecule has 0 aliphatic carbocycles. The van der Waals surface area contributed by atoms with Gasteiger partial charge in [0.2, 0.25) is 0 Å². The van der Waals surface area contributed by atoms with E-state index in [-0.39, 0.29) is 0 Å². The lowest BCUT2D eigenvalue weighted by atomic mass is 10.3. The van der Waals surface area contributed by atoms with Crippen LogP contribution in [0.1, 0.15) is 0 Å². The van der Waals surface area contributed by atoms with E-state index in [9.17, 15) is 8.42 Å². The van der Waals surface area contributed by atoms with E-state index in [0.29, 0.717) is 11.4 Å². The molecular weight excluding hydrogens is 291 g/mol. The molecule has 1 aromatic rings. The van der Waals surface area contributed by atoms with E-state index >= 15 is 0 Å². The number of fused-ring (bicyclic) bond motifs is 1. The van der Waals surface area contributed by atoms with Crippen molar-refractivity contribution in [3.63, 3.8) is 0 Å².